The first-order chi connectivity index (χ1) is 11.1. The molecule has 3 rings (SSSR count). The third kappa shape index (κ3) is 3.56. The van der Waals surface area contributed by atoms with E-state index >= 15 is 0 Å². The Labute approximate surface area is 134 Å². The molecule has 1 amide bonds. The molecular formula is C18H18N2O3. The second-order valence-corrected chi connectivity index (χ2v) is 5.83. The zero-order valence-corrected chi connectivity index (χ0v) is 12.7. The van der Waals surface area contributed by atoms with Crippen molar-refractivity contribution in [1.29, 1.82) is 0 Å². The summed E-state index contributed by atoms with van der Waals surface area (Å²) in [5, 5.41) is 8.98. The first-order valence-electron chi connectivity index (χ1n) is 7.66. The number of hydrogen-bond acceptors (Lipinski definition) is 3. The van der Waals surface area contributed by atoms with Crippen LogP contribution in [0.3, 0.4) is 0 Å². The number of hydrogen-bond donors (Lipinski definition) is 1. The lowest BCUT2D eigenvalue weighted by Gasteiger charge is -2.17. The monoisotopic (exact) mass is 310 g/mol. The van der Waals surface area contributed by atoms with Gasteiger partial charge in [-0.1, -0.05) is 30.3 Å². The Morgan fingerprint density at radius 2 is 2.00 bits per heavy atom. The maximum absolute atomic E-state index is 12.5. The third-order valence-corrected chi connectivity index (χ3v) is 4.17. The van der Waals surface area contributed by atoms with Crippen LogP contribution >= 0.6 is 0 Å². The molecule has 1 aromatic heterocycles. The number of pyridine rings is 1. The molecule has 1 fully saturated rings. The van der Waals surface area contributed by atoms with Crippen molar-refractivity contribution >= 4 is 11.9 Å². The molecule has 0 bridgehead atoms. The molecule has 118 valence electrons. The van der Waals surface area contributed by atoms with E-state index in [9.17, 15) is 9.59 Å². The minimum Gasteiger partial charge on any atom is -0.477 e. The van der Waals surface area contributed by atoms with Crippen LogP contribution in [0.4, 0.5) is 0 Å². The normalized spacial score (nSPS) is 17.2. The van der Waals surface area contributed by atoms with Gasteiger partial charge in [-0.2, -0.15) is 0 Å². The Morgan fingerprint density at radius 3 is 2.74 bits per heavy atom. The van der Waals surface area contributed by atoms with Crippen LogP contribution in [0.5, 0.6) is 0 Å². The van der Waals surface area contributed by atoms with E-state index in [-0.39, 0.29) is 11.6 Å². The van der Waals surface area contributed by atoms with E-state index in [2.05, 4.69) is 17.1 Å². The quantitative estimate of drug-likeness (QED) is 0.942. The number of carbonyl (C=O) groups is 2. The van der Waals surface area contributed by atoms with Crippen molar-refractivity contribution in [2.75, 3.05) is 13.1 Å². The van der Waals surface area contributed by atoms with Crippen molar-refractivity contribution in [3.05, 3.63) is 65.5 Å². The van der Waals surface area contributed by atoms with E-state index in [1.807, 2.05) is 18.2 Å². The van der Waals surface area contributed by atoms with Gasteiger partial charge < -0.3 is 10.0 Å². The highest BCUT2D eigenvalue weighted by Gasteiger charge is 2.27. The van der Waals surface area contributed by atoms with Crippen molar-refractivity contribution < 1.29 is 14.7 Å². The maximum atomic E-state index is 12.5. The van der Waals surface area contributed by atoms with Crippen LogP contribution in [0, 0.1) is 5.92 Å². The van der Waals surface area contributed by atoms with Crippen molar-refractivity contribution in [2.45, 2.75) is 12.8 Å². The summed E-state index contributed by atoms with van der Waals surface area (Å²) in [6.07, 6.45) is 3.30. The predicted octanol–water partition coefficient (Wildman–Crippen LogP) is 2.48. The van der Waals surface area contributed by atoms with Gasteiger partial charge in [0.2, 0.25) is 0 Å². The van der Waals surface area contributed by atoms with Crippen molar-refractivity contribution in [3.8, 4) is 0 Å². The molecule has 2 heterocycles. The molecule has 1 N–H and O–H groups in total. The van der Waals surface area contributed by atoms with Gasteiger partial charge in [0.05, 0.1) is 0 Å². The van der Waals surface area contributed by atoms with E-state index in [4.69, 9.17) is 5.11 Å². The average molecular weight is 310 g/mol. The molecule has 0 spiro atoms. The summed E-state index contributed by atoms with van der Waals surface area (Å²) in [5.41, 5.74) is 1.57. The number of carboxylic acid groups (broad SMARTS) is 1. The van der Waals surface area contributed by atoms with Gasteiger partial charge in [-0.25, -0.2) is 9.78 Å². The second kappa shape index (κ2) is 6.60. The number of benzene rings is 1. The fourth-order valence-electron chi connectivity index (χ4n) is 2.99. The Hall–Kier alpha value is -2.69. The molecule has 1 aliphatic rings. The predicted molar refractivity (Wildman–Crippen MR) is 85.4 cm³/mol. The van der Waals surface area contributed by atoms with Gasteiger partial charge in [0.25, 0.3) is 5.91 Å². The number of likely N-dealkylation sites (tertiary alicyclic amines) is 1. The van der Waals surface area contributed by atoms with Gasteiger partial charge in [0.1, 0.15) is 5.69 Å². The highest BCUT2D eigenvalue weighted by molar-refractivity contribution is 5.96. The van der Waals surface area contributed by atoms with Gasteiger partial charge >= 0.3 is 5.97 Å². The minimum absolute atomic E-state index is 0.101. The summed E-state index contributed by atoms with van der Waals surface area (Å²) in [6, 6.07) is 13.2. The molecule has 0 aliphatic carbocycles. The zero-order chi connectivity index (χ0) is 16.2. The molecule has 1 aromatic carbocycles. The largest absolute Gasteiger partial charge is 0.477 e. The fraction of sp³-hybridized carbons (Fsp3) is 0.278. The second-order valence-electron chi connectivity index (χ2n) is 5.83. The summed E-state index contributed by atoms with van der Waals surface area (Å²) in [6.45, 7) is 1.42. The first kappa shape index (κ1) is 15.2. The number of aromatic nitrogens is 1. The van der Waals surface area contributed by atoms with E-state index in [1.165, 1.54) is 17.8 Å². The third-order valence-electron chi connectivity index (χ3n) is 4.17. The highest BCUT2D eigenvalue weighted by Crippen LogP contribution is 2.22. The molecule has 0 saturated carbocycles. The molecule has 23 heavy (non-hydrogen) atoms. The van der Waals surface area contributed by atoms with Crippen LogP contribution in [-0.4, -0.2) is 40.0 Å². The summed E-state index contributed by atoms with van der Waals surface area (Å²) >= 11 is 0. The number of carboxylic acids is 1. The SMILES string of the molecule is O=C(O)c1cc(C(=O)N2CCC(Cc3ccccc3)C2)ccn1. The molecule has 1 unspecified atom stereocenters. The fourth-order valence-corrected chi connectivity index (χ4v) is 2.99. The van der Waals surface area contributed by atoms with Gasteiger partial charge in [-0.15, -0.1) is 0 Å². The molecule has 1 aliphatic heterocycles. The van der Waals surface area contributed by atoms with Gasteiger partial charge in [-0.05, 0) is 36.5 Å². The standard InChI is InChI=1S/C18H18N2O3/c21-17(15-6-8-19-16(11-15)18(22)23)20-9-7-14(12-20)10-13-4-2-1-3-5-13/h1-6,8,11,14H,7,9-10,12H2,(H,22,23). The topological polar surface area (TPSA) is 70.5 Å². The number of rotatable bonds is 4. The summed E-state index contributed by atoms with van der Waals surface area (Å²) in [7, 11) is 0. The smallest absolute Gasteiger partial charge is 0.354 e. The molecule has 1 saturated heterocycles. The number of carbonyl (C=O) groups excluding carboxylic acids is 1. The summed E-state index contributed by atoms with van der Waals surface area (Å²) in [4.78, 5) is 29.0. The van der Waals surface area contributed by atoms with E-state index < -0.39 is 5.97 Å². The van der Waals surface area contributed by atoms with Gasteiger partial charge in [-0.3, -0.25) is 4.79 Å². The van der Waals surface area contributed by atoms with Crippen LogP contribution in [0.25, 0.3) is 0 Å². The van der Waals surface area contributed by atoms with E-state index in [0.29, 0.717) is 24.6 Å². The lowest BCUT2D eigenvalue weighted by molar-refractivity contribution is 0.0690. The van der Waals surface area contributed by atoms with Crippen LogP contribution in [0.15, 0.2) is 48.7 Å². The van der Waals surface area contributed by atoms with Crippen LogP contribution < -0.4 is 0 Å². The average Bonchev–Trinajstić information content (AvgIpc) is 3.03. The number of nitrogens with zero attached hydrogens (tertiary/aromatic N) is 2. The minimum atomic E-state index is -1.12. The van der Waals surface area contributed by atoms with Crippen molar-refractivity contribution in [3.63, 3.8) is 0 Å². The van der Waals surface area contributed by atoms with Crippen LogP contribution in [-0.2, 0) is 6.42 Å². The Balaban J connectivity index is 1.65. The highest BCUT2D eigenvalue weighted by atomic mass is 16.4. The molecule has 0 radical (unpaired) electrons. The molecule has 2 aromatic rings. The van der Waals surface area contributed by atoms with Crippen LogP contribution in [0.2, 0.25) is 0 Å². The lowest BCUT2D eigenvalue weighted by Crippen LogP contribution is -2.29. The Kier molecular flexibility index (Phi) is 4.37. The molecule has 5 nitrogen and oxygen atoms in total. The molecule has 5 heteroatoms. The molecular weight excluding hydrogens is 292 g/mol. The van der Waals surface area contributed by atoms with Crippen molar-refractivity contribution in [1.82, 2.24) is 9.88 Å². The van der Waals surface area contributed by atoms with Crippen molar-refractivity contribution in [2.24, 2.45) is 5.92 Å². The number of amides is 1. The summed E-state index contributed by atoms with van der Waals surface area (Å²) < 4.78 is 0. The van der Waals surface area contributed by atoms with Crippen LogP contribution in [0.1, 0.15) is 32.8 Å². The Bertz CT molecular complexity index is 715. The Morgan fingerprint density at radius 1 is 1.22 bits per heavy atom. The number of aromatic carboxylic acids is 1. The lowest BCUT2D eigenvalue weighted by atomic mass is 9.99. The maximum Gasteiger partial charge on any atom is 0.354 e. The molecule has 1 atom stereocenters. The summed E-state index contributed by atoms with van der Waals surface area (Å²) in [5.74, 6) is -0.796. The van der Waals surface area contributed by atoms with E-state index in [1.54, 1.807) is 11.0 Å². The van der Waals surface area contributed by atoms with Gasteiger partial charge in [0.15, 0.2) is 0 Å². The zero-order valence-electron chi connectivity index (χ0n) is 12.7. The van der Waals surface area contributed by atoms with Gasteiger partial charge in [0, 0.05) is 24.8 Å². The first-order valence-corrected chi connectivity index (χ1v) is 7.66. The van der Waals surface area contributed by atoms with E-state index in [0.717, 1.165) is 12.8 Å².